The number of hydrogen-bond acceptors (Lipinski definition) is 2. The molecule has 2 aromatic heterocycles. The quantitative estimate of drug-likeness (QED) is 0.765. The Hall–Kier alpha value is -1.68. The van der Waals surface area contributed by atoms with E-state index in [1.54, 1.807) is 0 Å². The summed E-state index contributed by atoms with van der Waals surface area (Å²) in [5, 5.41) is 2.20. The van der Waals surface area contributed by atoms with Crippen LogP contribution in [0.1, 0.15) is 11.5 Å². The van der Waals surface area contributed by atoms with Gasteiger partial charge in [0.05, 0.1) is 5.69 Å². The predicted octanol–water partition coefficient (Wildman–Crippen LogP) is 0.0787. The highest BCUT2D eigenvalue weighted by molar-refractivity contribution is 5.01. The Kier molecular flexibility index (Phi) is 3.09. The maximum atomic E-state index is 4.26. The first-order valence-corrected chi connectivity index (χ1v) is 5.04. The van der Waals surface area contributed by atoms with Gasteiger partial charge in [-0.25, -0.2) is 4.98 Å². The van der Waals surface area contributed by atoms with Crippen molar-refractivity contribution in [3.63, 3.8) is 0 Å². The van der Waals surface area contributed by atoms with Gasteiger partial charge < -0.3 is 9.88 Å². The van der Waals surface area contributed by atoms with E-state index in [2.05, 4.69) is 15.3 Å². The summed E-state index contributed by atoms with van der Waals surface area (Å²) in [6.45, 7) is 1.79. The Morgan fingerprint density at radius 3 is 2.80 bits per heavy atom. The van der Waals surface area contributed by atoms with E-state index in [4.69, 9.17) is 0 Å². The maximum absolute atomic E-state index is 4.26. The standard InChI is InChI=1S/C11H14N4/c1-15-7-6-14-11(15)9-12-8-10-4-2-3-5-13-10/h2-7,12H,8-9H2,1H3/p+1. The molecule has 2 aromatic rings. The first-order valence-electron chi connectivity index (χ1n) is 5.04. The van der Waals surface area contributed by atoms with Crippen molar-refractivity contribution in [2.45, 2.75) is 13.1 Å². The molecule has 0 fully saturated rings. The van der Waals surface area contributed by atoms with Crippen LogP contribution in [0, 0.1) is 0 Å². The van der Waals surface area contributed by atoms with Crippen LogP contribution in [0.3, 0.4) is 0 Å². The van der Waals surface area contributed by atoms with E-state index in [0.29, 0.717) is 0 Å². The van der Waals surface area contributed by atoms with Crippen molar-refractivity contribution in [2.24, 2.45) is 7.05 Å². The summed E-state index contributed by atoms with van der Waals surface area (Å²) < 4.78 is 2.04. The molecule has 0 aliphatic heterocycles. The average Bonchev–Trinajstić information content (AvgIpc) is 2.66. The third-order valence-electron chi connectivity index (χ3n) is 2.33. The molecular formula is C11H15N4+. The molecule has 0 aromatic carbocycles. The van der Waals surface area contributed by atoms with Gasteiger partial charge in [0.25, 0.3) is 0 Å². The van der Waals surface area contributed by atoms with Crippen LogP contribution in [-0.2, 0) is 20.1 Å². The van der Waals surface area contributed by atoms with Crippen molar-refractivity contribution in [3.8, 4) is 0 Å². The van der Waals surface area contributed by atoms with Crippen molar-refractivity contribution in [1.29, 1.82) is 0 Å². The third kappa shape index (κ3) is 2.63. The molecule has 0 aliphatic carbocycles. The monoisotopic (exact) mass is 203 g/mol. The molecule has 0 unspecified atom stereocenters. The summed E-state index contributed by atoms with van der Waals surface area (Å²) in [5.74, 6) is 1.09. The molecule has 0 spiro atoms. The Morgan fingerprint density at radius 2 is 2.13 bits per heavy atom. The van der Waals surface area contributed by atoms with Crippen LogP contribution >= 0.6 is 0 Å². The SMILES string of the molecule is Cn1ccnc1C[NH2+]Cc1ccccn1. The summed E-state index contributed by atoms with van der Waals surface area (Å²) in [6, 6.07) is 5.98. The van der Waals surface area contributed by atoms with Gasteiger partial charge in [0.2, 0.25) is 0 Å². The molecule has 0 aliphatic rings. The zero-order valence-electron chi connectivity index (χ0n) is 8.80. The van der Waals surface area contributed by atoms with Gasteiger partial charge in [-0.1, -0.05) is 6.07 Å². The molecule has 4 heteroatoms. The highest BCUT2D eigenvalue weighted by Crippen LogP contribution is 1.91. The van der Waals surface area contributed by atoms with E-state index in [0.717, 1.165) is 24.6 Å². The van der Waals surface area contributed by atoms with Gasteiger partial charge in [0.15, 0.2) is 5.82 Å². The van der Waals surface area contributed by atoms with Gasteiger partial charge in [0.1, 0.15) is 13.1 Å². The number of pyridine rings is 1. The van der Waals surface area contributed by atoms with Gasteiger partial charge in [-0.3, -0.25) is 4.98 Å². The van der Waals surface area contributed by atoms with E-state index >= 15 is 0 Å². The van der Waals surface area contributed by atoms with Crippen LogP contribution in [0.15, 0.2) is 36.8 Å². The summed E-state index contributed by atoms with van der Waals surface area (Å²) in [6.07, 6.45) is 5.61. The predicted molar refractivity (Wildman–Crippen MR) is 56.8 cm³/mol. The van der Waals surface area contributed by atoms with E-state index in [-0.39, 0.29) is 0 Å². The number of aromatic nitrogens is 3. The van der Waals surface area contributed by atoms with E-state index in [1.165, 1.54) is 0 Å². The molecule has 0 radical (unpaired) electrons. The lowest BCUT2D eigenvalue weighted by Crippen LogP contribution is -2.81. The van der Waals surface area contributed by atoms with E-state index in [9.17, 15) is 0 Å². The Morgan fingerprint density at radius 1 is 1.20 bits per heavy atom. The maximum Gasteiger partial charge on any atom is 0.163 e. The number of imidazole rings is 1. The third-order valence-corrected chi connectivity index (χ3v) is 2.33. The van der Waals surface area contributed by atoms with Crippen LogP contribution in [0.25, 0.3) is 0 Å². The molecule has 0 bridgehead atoms. The lowest BCUT2D eigenvalue weighted by molar-refractivity contribution is -0.687. The molecule has 2 heterocycles. The van der Waals surface area contributed by atoms with Gasteiger partial charge in [0, 0.05) is 25.6 Å². The summed E-state index contributed by atoms with van der Waals surface area (Å²) >= 11 is 0. The van der Waals surface area contributed by atoms with Crippen LogP contribution in [0.4, 0.5) is 0 Å². The fourth-order valence-corrected chi connectivity index (χ4v) is 1.46. The van der Waals surface area contributed by atoms with Crippen molar-refractivity contribution >= 4 is 0 Å². The largest absolute Gasteiger partial charge is 0.335 e. The molecule has 15 heavy (non-hydrogen) atoms. The number of aryl methyl sites for hydroxylation is 1. The van der Waals surface area contributed by atoms with Gasteiger partial charge in [-0.2, -0.15) is 0 Å². The number of nitrogens with two attached hydrogens (primary N) is 1. The number of hydrogen-bond donors (Lipinski definition) is 1. The Bertz CT molecular complexity index is 408. The van der Waals surface area contributed by atoms with Gasteiger partial charge in [-0.15, -0.1) is 0 Å². The molecule has 4 nitrogen and oxygen atoms in total. The van der Waals surface area contributed by atoms with Crippen molar-refractivity contribution < 1.29 is 5.32 Å². The highest BCUT2D eigenvalue weighted by atomic mass is 15.1. The summed E-state index contributed by atoms with van der Waals surface area (Å²) in [4.78, 5) is 8.52. The van der Waals surface area contributed by atoms with Crippen molar-refractivity contribution in [3.05, 3.63) is 48.3 Å². The first kappa shape index (κ1) is 9.86. The fourth-order valence-electron chi connectivity index (χ4n) is 1.46. The second-order valence-electron chi connectivity index (χ2n) is 3.47. The minimum Gasteiger partial charge on any atom is -0.335 e. The topological polar surface area (TPSA) is 47.3 Å². The zero-order valence-corrected chi connectivity index (χ0v) is 8.80. The molecule has 2 rings (SSSR count). The van der Waals surface area contributed by atoms with Crippen LogP contribution in [0.2, 0.25) is 0 Å². The minimum absolute atomic E-state index is 0.889. The van der Waals surface area contributed by atoms with E-state index < -0.39 is 0 Å². The minimum atomic E-state index is 0.889. The Labute approximate surface area is 89.0 Å². The lowest BCUT2D eigenvalue weighted by Gasteiger charge is -2.01. The average molecular weight is 203 g/mol. The second-order valence-corrected chi connectivity index (χ2v) is 3.47. The van der Waals surface area contributed by atoms with Crippen molar-refractivity contribution in [1.82, 2.24) is 14.5 Å². The molecule has 2 N–H and O–H groups in total. The van der Waals surface area contributed by atoms with Crippen molar-refractivity contribution in [2.75, 3.05) is 0 Å². The molecule has 0 amide bonds. The first-order chi connectivity index (χ1) is 7.36. The highest BCUT2D eigenvalue weighted by Gasteiger charge is 2.01. The number of nitrogens with zero attached hydrogens (tertiary/aromatic N) is 3. The van der Waals surface area contributed by atoms with E-state index in [1.807, 2.05) is 48.4 Å². The lowest BCUT2D eigenvalue weighted by atomic mass is 10.3. The zero-order chi connectivity index (χ0) is 10.5. The van der Waals surface area contributed by atoms with Crippen LogP contribution < -0.4 is 5.32 Å². The smallest absolute Gasteiger partial charge is 0.163 e. The summed E-state index contributed by atoms with van der Waals surface area (Å²) in [7, 11) is 2.01. The fraction of sp³-hybridized carbons (Fsp3) is 0.273. The molecule has 0 saturated heterocycles. The second kappa shape index (κ2) is 4.70. The molecular weight excluding hydrogens is 188 g/mol. The van der Waals surface area contributed by atoms with Gasteiger partial charge in [-0.05, 0) is 12.1 Å². The number of rotatable bonds is 4. The van der Waals surface area contributed by atoms with Crippen LogP contribution in [-0.4, -0.2) is 14.5 Å². The molecule has 0 saturated carbocycles. The summed E-state index contributed by atoms with van der Waals surface area (Å²) in [5.41, 5.74) is 1.10. The van der Waals surface area contributed by atoms with Crippen LogP contribution in [0.5, 0.6) is 0 Å². The Balaban J connectivity index is 1.83. The van der Waals surface area contributed by atoms with Gasteiger partial charge >= 0.3 is 0 Å². The normalized spacial score (nSPS) is 10.5. The number of quaternary nitrogens is 1. The molecule has 78 valence electrons. The molecule has 0 atom stereocenters.